The molecule has 0 saturated heterocycles. The number of rotatable bonds is 8. The average Bonchev–Trinajstić information content (AvgIpc) is 3.47. The third-order valence-corrected chi connectivity index (χ3v) is 5.56. The lowest BCUT2D eigenvalue weighted by molar-refractivity contribution is -0.156. The van der Waals surface area contributed by atoms with Crippen molar-refractivity contribution in [1.29, 1.82) is 0 Å². The van der Waals surface area contributed by atoms with Crippen LogP contribution in [-0.2, 0) is 14.3 Å². The molecule has 2 aromatic carbocycles. The predicted molar refractivity (Wildman–Crippen MR) is 108 cm³/mol. The van der Waals surface area contributed by atoms with Gasteiger partial charge in [-0.3, -0.25) is 9.59 Å². The number of benzene rings is 2. The van der Waals surface area contributed by atoms with Crippen molar-refractivity contribution >= 4 is 23.6 Å². The van der Waals surface area contributed by atoms with E-state index in [1.165, 1.54) is 11.1 Å². The fourth-order valence-corrected chi connectivity index (χ4v) is 3.58. The van der Waals surface area contributed by atoms with Gasteiger partial charge in [-0.1, -0.05) is 36.4 Å². The summed E-state index contributed by atoms with van der Waals surface area (Å²) in [6.07, 6.45) is 1.37. The molecule has 3 rings (SSSR count). The summed E-state index contributed by atoms with van der Waals surface area (Å²) < 4.78 is 5.54. The van der Waals surface area contributed by atoms with Crippen LogP contribution < -0.4 is 5.32 Å². The average molecular weight is 384 g/mol. The Bertz CT molecular complexity index is 802. The Balaban J connectivity index is 1.55. The van der Waals surface area contributed by atoms with Gasteiger partial charge >= 0.3 is 5.97 Å². The van der Waals surface area contributed by atoms with E-state index in [2.05, 4.69) is 37.4 Å². The molecule has 1 amide bonds. The second-order valence-electron chi connectivity index (χ2n) is 6.91. The van der Waals surface area contributed by atoms with Crippen molar-refractivity contribution in [1.82, 2.24) is 5.32 Å². The zero-order chi connectivity index (χ0) is 19.2. The van der Waals surface area contributed by atoms with Crippen molar-refractivity contribution in [3.05, 3.63) is 65.2 Å². The van der Waals surface area contributed by atoms with Crippen LogP contribution in [0.15, 0.2) is 53.4 Å². The van der Waals surface area contributed by atoms with Crippen LogP contribution in [0.2, 0.25) is 0 Å². The fraction of sp³-hybridized carbons (Fsp3) is 0.364. The van der Waals surface area contributed by atoms with Gasteiger partial charge in [0.15, 0.2) is 0 Å². The lowest BCUT2D eigenvalue weighted by Gasteiger charge is -2.18. The van der Waals surface area contributed by atoms with E-state index < -0.39 is 6.10 Å². The molecule has 1 aliphatic carbocycles. The summed E-state index contributed by atoms with van der Waals surface area (Å²) in [6, 6.07) is 15.7. The molecule has 4 nitrogen and oxygen atoms in total. The van der Waals surface area contributed by atoms with Gasteiger partial charge in [-0.05, 0) is 49.9 Å². The highest BCUT2D eigenvalue weighted by Crippen LogP contribution is 2.25. The minimum absolute atomic E-state index is 0.225. The first kappa shape index (κ1) is 19.5. The van der Waals surface area contributed by atoms with Crippen LogP contribution in [0.5, 0.6) is 0 Å². The molecule has 1 saturated carbocycles. The Labute approximate surface area is 164 Å². The van der Waals surface area contributed by atoms with Crippen LogP contribution in [0.1, 0.15) is 42.1 Å². The Morgan fingerprint density at radius 1 is 1.11 bits per heavy atom. The number of hydrogen-bond acceptors (Lipinski definition) is 4. The predicted octanol–water partition coefficient (Wildman–Crippen LogP) is 4.35. The summed E-state index contributed by atoms with van der Waals surface area (Å²) in [4.78, 5) is 26.0. The monoisotopic (exact) mass is 383 g/mol. The highest BCUT2D eigenvalue weighted by atomic mass is 32.2. The molecule has 5 heteroatoms. The van der Waals surface area contributed by atoms with Gasteiger partial charge < -0.3 is 10.1 Å². The van der Waals surface area contributed by atoms with E-state index in [1.54, 1.807) is 11.8 Å². The Morgan fingerprint density at radius 3 is 2.52 bits per heavy atom. The molecule has 1 fully saturated rings. The summed E-state index contributed by atoms with van der Waals surface area (Å²) in [6.45, 7) is 4.16. The first-order chi connectivity index (χ1) is 13.0. The summed E-state index contributed by atoms with van der Waals surface area (Å²) >= 11 is 1.62. The lowest BCUT2D eigenvalue weighted by Crippen LogP contribution is -2.33. The molecule has 1 atom stereocenters. The number of ether oxygens (including phenoxy) is 1. The number of carbonyl (C=O) groups is 2. The molecule has 2 aromatic rings. The van der Waals surface area contributed by atoms with Crippen LogP contribution in [0.3, 0.4) is 0 Å². The molecule has 0 bridgehead atoms. The molecule has 1 aliphatic rings. The number of nitrogens with one attached hydrogen (secondary N) is 1. The second-order valence-corrected chi connectivity index (χ2v) is 8.08. The zero-order valence-electron chi connectivity index (χ0n) is 15.7. The maximum Gasteiger partial charge on any atom is 0.307 e. The van der Waals surface area contributed by atoms with Crippen LogP contribution in [0.4, 0.5) is 0 Å². The van der Waals surface area contributed by atoms with Crippen molar-refractivity contribution < 1.29 is 14.3 Å². The quantitative estimate of drug-likeness (QED) is 0.544. The van der Waals surface area contributed by atoms with Crippen molar-refractivity contribution in [3.8, 4) is 0 Å². The molecule has 0 heterocycles. The van der Waals surface area contributed by atoms with E-state index in [9.17, 15) is 9.59 Å². The fourth-order valence-electron chi connectivity index (χ4n) is 2.65. The first-order valence-electron chi connectivity index (χ1n) is 9.28. The summed E-state index contributed by atoms with van der Waals surface area (Å²) in [5.41, 5.74) is 3.19. The minimum atomic E-state index is -0.883. The van der Waals surface area contributed by atoms with Gasteiger partial charge in [0.25, 0.3) is 5.91 Å². The number of carbonyl (C=O) groups excluding carboxylic acids is 2. The van der Waals surface area contributed by atoms with Gasteiger partial charge in [-0.15, -0.1) is 11.8 Å². The van der Waals surface area contributed by atoms with Crippen molar-refractivity contribution in [2.45, 2.75) is 50.2 Å². The van der Waals surface area contributed by atoms with E-state index in [4.69, 9.17) is 4.74 Å². The molecule has 142 valence electrons. The highest BCUT2D eigenvalue weighted by molar-refractivity contribution is 7.99. The van der Waals surface area contributed by atoms with E-state index >= 15 is 0 Å². The van der Waals surface area contributed by atoms with Crippen LogP contribution in [0, 0.1) is 13.8 Å². The van der Waals surface area contributed by atoms with Gasteiger partial charge in [-0.2, -0.15) is 0 Å². The topological polar surface area (TPSA) is 55.4 Å². The van der Waals surface area contributed by atoms with E-state index in [-0.39, 0.29) is 24.3 Å². The summed E-state index contributed by atoms with van der Waals surface area (Å²) in [5.74, 6) is 0.0255. The number of amides is 1. The number of esters is 1. The molecule has 0 aliphatic heterocycles. The molecule has 0 aromatic heterocycles. The van der Waals surface area contributed by atoms with Crippen molar-refractivity contribution in [3.63, 3.8) is 0 Å². The third-order valence-electron chi connectivity index (χ3n) is 4.57. The third kappa shape index (κ3) is 5.86. The van der Waals surface area contributed by atoms with E-state index in [0.717, 1.165) is 17.7 Å². The van der Waals surface area contributed by atoms with Crippen LogP contribution in [-0.4, -0.2) is 23.7 Å². The SMILES string of the molecule is Cc1ccc(SCCC(=O)O[C@@H](C(=O)NC2CC2)c2ccccc2)cc1C. The normalized spacial score (nSPS) is 14.4. The molecule has 0 unspecified atom stereocenters. The van der Waals surface area contributed by atoms with Gasteiger partial charge in [0, 0.05) is 22.3 Å². The smallest absolute Gasteiger partial charge is 0.307 e. The molecular formula is C22H25NO3S. The Kier molecular flexibility index (Phi) is 6.56. The van der Waals surface area contributed by atoms with Gasteiger partial charge in [0.1, 0.15) is 0 Å². The number of aryl methyl sites for hydroxylation is 2. The molecule has 1 N–H and O–H groups in total. The van der Waals surface area contributed by atoms with Gasteiger partial charge in [0.05, 0.1) is 6.42 Å². The summed E-state index contributed by atoms with van der Waals surface area (Å²) in [5, 5.41) is 2.93. The minimum Gasteiger partial charge on any atom is -0.447 e. The maximum absolute atomic E-state index is 12.5. The van der Waals surface area contributed by atoms with E-state index in [0.29, 0.717) is 11.3 Å². The first-order valence-corrected chi connectivity index (χ1v) is 10.3. The van der Waals surface area contributed by atoms with Crippen LogP contribution >= 0.6 is 11.8 Å². The standard InChI is InChI=1S/C22H25NO3S/c1-15-8-11-19(14-16(15)2)27-13-12-20(24)26-21(17-6-4-3-5-7-17)22(25)23-18-9-10-18/h3-8,11,14,18,21H,9-10,12-13H2,1-2H3,(H,23,25)/t21-/m1/s1. The highest BCUT2D eigenvalue weighted by Gasteiger charge is 2.30. The second kappa shape index (κ2) is 9.09. The van der Waals surface area contributed by atoms with Crippen molar-refractivity contribution in [2.75, 3.05) is 5.75 Å². The summed E-state index contributed by atoms with van der Waals surface area (Å²) in [7, 11) is 0. The van der Waals surface area contributed by atoms with Crippen LogP contribution in [0.25, 0.3) is 0 Å². The largest absolute Gasteiger partial charge is 0.447 e. The molecular weight excluding hydrogens is 358 g/mol. The van der Waals surface area contributed by atoms with Gasteiger partial charge in [-0.25, -0.2) is 0 Å². The zero-order valence-corrected chi connectivity index (χ0v) is 16.6. The lowest BCUT2D eigenvalue weighted by atomic mass is 10.1. The van der Waals surface area contributed by atoms with E-state index in [1.807, 2.05) is 30.3 Å². The number of hydrogen-bond donors (Lipinski definition) is 1. The van der Waals surface area contributed by atoms with Gasteiger partial charge in [0.2, 0.25) is 6.10 Å². The Hall–Kier alpha value is -2.27. The maximum atomic E-state index is 12.5. The molecule has 27 heavy (non-hydrogen) atoms. The van der Waals surface area contributed by atoms with Crippen molar-refractivity contribution in [2.24, 2.45) is 0 Å². The Morgan fingerprint density at radius 2 is 1.85 bits per heavy atom. The molecule has 0 spiro atoms. The molecule has 0 radical (unpaired) electrons. The number of thioether (sulfide) groups is 1.